The molecule has 3 rings (SSSR count). The largest absolute Gasteiger partial charge is 0.396 e. The van der Waals surface area contributed by atoms with Crippen LogP contribution >= 0.6 is 0 Å². The number of aliphatic hydroxyl groups is 1. The molecule has 100 valence electrons. The molecule has 17 heavy (non-hydrogen) atoms. The van der Waals surface area contributed by atoms with E-state index in [4.69, 9.17) is 0 Å². The number of fused-ring (bicyclic) bond motifs is 3. The van der Waals surface area contributed by atoms with Gasteiger partial charge in [-0.2, -0.15) is 0 Å². The van der Waals surface area contributed by atoms with Crippen molar-refractivity contribution in [3.63, 3.8) is 0 Å². The summed E-state index contributed by atoms with van der Waals surface area (Å²) in [6, 6.07) is 1.08. The lowest BCUT2D eigenvalue weighted by Gasteiger charge is -2.47. The van der Waals surface area contributed by atoms with Gasteiger partial charge in [0, 0.05) is 25.2 Å². The summed E-state index contributed by atoms with van der Waals surface area (Å²) in [5, 5.41) is 13.0. The fraction of sp³-hybridized carbons (Fsp3) is 1.00. The molecule has 0 amide bonds. The average molecular weight is 240 g/mol. The van der Waals surface area contributed by atoms with Gasteiger partial charge in [-0.3, -0.25) is 0 Å². The second-order valence-electron chi connectivity index (χ2n) is 6.84. The summed E-state index contributed by atoms with van der Waals surface area (Å²) in [5.41, 5.74) is 0.231. The van der Waals surface area contributed by atoms with E-state index in [1.807, 2.05) is 0 Å². The van der Waals surface area contributed by atoms with Crippen molar-refractivity contribution in [2.24, 2.45) is 11.3 Å². The molecule has 0 aromatic heterocycles. The molecule has 3 aliphatic rings. The SMILES string of the molecule is CC(C)(C)C(CCO)NC1CN2CCC1CC2. The van der Waals surface area contributed by atoms with Crippen LogP contribution in [-0.4, -0.2) is 48.3 Å². The maximum atomic E-state index is 9.21. The van der Waals surface area contributed by atoms with Gasteiger partial charge in [-0.1, -0.05) is 20.8 Å². The molecule has 3 saturated heterocycles. The van der Waals surface area contributed by atoms with Gasteiger partial charge in [-0.15, -0.1) is 0 Å². The van der Waals surface area contributed by atoms with E-state index in [9.17, 15) is 5.11 Å². The van der Waals surface area contributed by atoms with Crippen LogP contribution in [0.15, 0.2) is 0 Å². The minimum Gasteiger partial charge on any atom is -0.396 e. The maximum absolute atomic E-state index is 9.21. The molecule has 3 nitrogen and oxygen atoms in total. The molecule has 0 radical (unpaired) electrons. The van der Waals surface area contributed by atoms with Gasteiger partial charge in [0.05, 0.1) is 0 Å². The summed E-state index contributed by atoms with van der Waals surface area (Å²) >= 11 is 0. The summed E-state index contributed by atoms with van der Waals surface area (Å²) in [5.74, 6) is 0.864. The Morgan fingerprint density at radius 1 is 1.29 bits per heavy atom. The molecule has 0 aliphatic carbocycles. The molecule has 3 aliphatic heterocycles. The number of rotatable bonds is 4. The fourth-order valence-corrected chi connectivity index (χ4v) is 3.31. The van der Waals surface area contributed by atoms with Crippen molar-refractivity contribution in [2.45, 2.75) is 52.1 Å². The normalized spacial score (nSPS) is 34.9. The van der Waals surface area contributed by atoms with Crippen molar-refractivity contribution >= 4 is 0 Å². The monoisotopic (exact) mass is 240 g/mol. The van der Waals surface area contributed by atoms with E-state index < -0.39 is 0 Å². The summed E-state index contributed by atoms with van der Waals surface area (Å²) in [4.78, 5) is 2.58. The predicted octanol–water partition coefficient (Wildman–Crippen LogP) is 1.47. The Balaban J connectivity index is 1.94. The summed E-state index contributed by atoms with van der Waals surface area (Å²) < 4.78 is 0. The average Bonchev–Trinajstić information content (AvgIpc) is 2.29. The highest BCUT2D eigenvalue weighted by Crippen LogP contribution is 2.30. The number of hydrogen-bond acceptors (Lipinski definition) is 3. The smallest absolute Gasteiger partial charge is 0.0446 e. The minimum absolute atomic E-state index is 0.231. The van der Waals surface area contributed by atoms with Crippen LogP contribution in [0, 0.1) is 11.3 Å². The van der Waals surface area contributed by atoms with Gasteiger partial charge in [-0.25, -0.2) is 0 Å². The van der Waals surface area contributed by atoms with Crippen LogP contribution in [0.2, 0.25) is 0 Å². The van der Waals surface area contributed by atoms with Gasteiger partial charge in [-0.05, 0) is 43.7 Å². The Hall–Kier alpha value is -0.120. The van der Waals surface area contributed by atoms with Gasteiger partial charge in [0.2, 0.25) is 0 Å². The van der Waals surface area contributed by atoms with E-state index in [0.29, 0.717) is 12.1 Å². The molecule has 2 atom stereocenters. The van der Waals surface area contributed by atoms with E-state index in [1.54, 1.807) is 0 Å². The Kier molecular flexibility index (Phi) is 4.11. The summed E-state index contributed by atoms with van der Waals surface area (Å²) in [6.45, 7) is 10.9. The molecular formula is C14H28N2O. The van der Waals surface area contributed by atoms with Crippen LogP contribution < -0.4 is 5.32 Å². The third-order valence-electron chi connectivity index (χ3n) is 4.53. The van der Waals surface area contributed by atoms with Crippen molar-refractivity contribution < 1.29 is 5.11 Å². The Bertz CT molecular complexity index is 241. The molecule has 0 aromatic rings. The fourth-order valence-electron chi connectivity index (χ4n) is 3.31. The van der Waals surface area contributed by atoms with Gasteiger partial charge in [0.25, 0.3) is 0 Å². The van der Waals surface area contributed by atoms with Crippen LogP contribution in [0.1, 0.15) is 40.0 Å². The van der Waals surface area contributed by atoms with Crippen LogP contribution in [-0.2, 0) is 0 Å². The second-order valence-corrected chi connectivity index (χ2v) is 6.84. The minimum atomic E-state index is 0.231. The number of piperidine rings is 3. The summed E-state index contributed by atoms with van der Waals surface area (Å²) in [7, 11) is 0. The standard InChI is InChI=1S/C14H28N2O/c1-14(2,3)13(6-9-17)15-12-10-16-7-4-11(12)5-8-16/h11-13,15,17H,4-10H2,1-3H3. The predicted molar refractivity (Wildman–Crippen MR) is 71.0 cm³/mol. The molecule has 0 saturated carbocycles. The lowest BCUT2D eigenvalue weighted by Crippen LogP contribution is -2.59. The topological polar surface area (TPSA) is 35.5 Å². The second kappa shape index (κ2) is 5.25. The zero-order valence-electron chi connectivity index (χ0n) is 11.6. The van der Waals surface area contributed by atoms with Crippen LogP contribution in [0.5, 0.6) is 0 Å². The lowest BCUT2D eigenvalue weighted by atomic mass is 9.80. The molecule has 0 aromatic carbocycles. The van der Waals surface area contributed by atoms with E-state index in [-0.39, 0.29) is 12.0 Å². The van der Waals surface area contributed by atoms with E-state index in [2.05, 4.69) is 31.0 Å². The third kappa shape index (κ3) is 3.21. The van der Waals surface area contributed by atoms with Crippen LogP contribution in [0.25, 0.3) is 0 Å². The zero-order chi connectivity index (χ0) is 12.5. The summed E-state index contributed by atoms with van der Waals surface area (Å²) in [6.07, 6.45) is 3.58. The molecule has 0 spiro atoms. The van der Waals surface area contributed by atoms with E-state index in [0.717, 1.165) is 12.3 Å². The maximum Gasteiger partial charge on any atom is 0.0446 e. The Morgan fingerprint density at radius 3 is 2.35 bits per heavy atom. The molecule has 2 unspecified atom stereocenters. The number of aliphatic hydroxyl groups excluding tert-OH is 1. The first-order chi connectivity index (χ1) is 8.00. The van der Waals surface area contributed by atoms with Gasteiger partial charge < -0.3 is 15.3 Å². The molecule has 3 heterocycles. The van der Waals surface area contributed by atoms with Crippen molar-refractivity contribution in [3.8, 4) is 0 Å². The first-order valence-corrected chi connectivity index (χ1v) is 7.10. The van der Waals surface area contributed by atoms with Crippen molar-refractivity contribution in [2.75, 3.05) is 26.2 Å². The Labute approximate surface area is 106 Å². The van der Waals surface area contributed by atoms with E-state index >= 15 is 0 Å². The van der Waals surface area contributed by atoms with Crippen molar-refractivity contribution in [1.29, 1.82) is 0 Å². The van der Waals surface area contributed by atoms with Gasteiger partial charge >= 0.3 is 0 Å². The Morgan fingerprint density at radius 2 is 1.94 bits per heavy atom. The molecule has 3 fully saturated rings. The van der Waals surface area contributed by atoms with E-state index in [1.165, 1.54) is 32.5 Å². The van der Waals surface area contributed by atoms with Gasteiger partial charge in [0.1, 0.15) is 0 Å². The number of hydrogen-bond donors (Lipinski definition) is 2. The highest BCUT2D eigenvalue weighted by molar-refractivity contribution is 4.94. The molecule has 2 bridgehead atoms. The first-order valence-electron chi connectivity index (χ1n) is 7.10. The van der Waals surface area contributed by atoms with Crippen LogP contribution in [0.4, 0.5) is 0 Å². The highest BCUT2D eigenvalue weighted by Gasteiger charge is 2.36. The molecular weight excluding hydrogens is 212 g/mol. The quantitative estimate of drug-likeness (QED) is 0.781. The number of nitrogens with zero attached hydrogens (tertiary/aromatic N) is 1. The van der Waals surface area contributed by atoms with Crippen molar-refractivity contribution in [1.82, 2.24) is 10.2 Å². The zero-order valence-corrected chi connectivity index (χ0v) is 11.6. The number of nitrogens with one attached hydrogen (secondary N) is 1. The van der Waals surface area contributed by atoms with Crippen molar-refractivity contribution in [3.05, 3.63) is 0 Å². The highest BCUT2D eigenvalue weighted by atomic mass is 16.3. The lowest BCUT2D eigenvalue weighted by molar-refractivity contribution is 0.0530. The van der Waals surface area contributed by atoms with Gasteiger partial charge in [0.15, 0.2) is 0 Å². The molecule has 2 N–H and O–H groups in total. The molecule has 3 heteroatoms. The first kappa shape index (κ1) is 13.3. The third-order valence-corrected chi connectivity index (χ3v) is 4.53. The van der Waals surface area contributed by atoms with Crippen LogP contribution in [0.3, 0.4) is 0 Å².